The van der Waals surface area contributed by atoms with Gasteiger partial charge < -0.3 is 19.4 Å². The van der Waals surface area contributed by atoms with E-state index in [-0.39, 0.29) is 23.5 Å². The molecule has 0 unspecified atom stereocenters. The molecule has 2 saturated heterocycles. The van der Waals surface area contributed by atoms with Crippen molar-refractivity contribution in [3.63, 3.8) is 0 Å². The summed E-state index contributed by atoms with van der Waals surface area (Å²) in [6.45, 7) is 2.58. The van der Waals surface area contributed by atoms with Crippen molar-refractivity contribution in [3.05, 3.63) is 53.5 Å². The Bertz CT molecular complexity index is 1150. The van der Waals surface area contributed by atoms with E-state index in [4.69, 9.17) is 9.72 Å². The van der Waals surface area contributed by atoms with Crippen molar-refractivity contribution in [2.24, 2.45) is 0 Å². The zero-order valence-electron chi connectivity index (χ0n) is 18.5. The highest BCUT2D eigenvalue weighted by Gasteiger charge is 2.31. The second-order valence-corrected chi connectivity index (χ2v) is 8.77. The number of alkyl halides is 3. The van der Waals surface area contributed by atoms with Gasteiger partial charge in [-0.2, -0.15) is 0 Å². The Morgan fingerprint density at radius 3 is 2.53 bits per heavy atom. The molecule has 5 rings (SSSR count). The molecule has 2 aromatic heterocycles. The number of imidazole rings is 1. The molecule has 180 valence electrons. The summed E-state index contributed by atoms with van der Waals surface area (Å²) in [7, 11) is 0. The number of aromatic amines is 1. The molecule has 0 spiro atoms. The van der Waals surface area contributed by atoms with Gasteiger partial charge in [-0.1, -0.05) is 0 Å². The summed E-state index contributed by atoms with van der Waals surface area (Å²) < 4.78 is 46.5. The number of carbonyl (C=O) groups is 1. The molecule has 3 aromatic rings. The molecule has 4 heterocycles. The first-order valence-electron chi connectivity index (χ1n) is 11.4. The zero-order valence-corrected chi connectivity index (χ0v) is 18.5. The molecule has 0 aliphatic carbocycles. The average molecular weight is 474 g/mol. The average Bonchev–Trinajstić information content (AvgIpc) is 3.28. The molecular weight excluding hydrogens is 449 g/mol. The van der Waals surface area contributed by atoms with Crippen LogP contribution in [0.4, 0.5) is 13.2 Å². The lowest BCUT2D eigenvalue weighted by Gasteiger charge is -2.32. The van der Waals surface area contributed by atoms with Gasteiger partial charge in [0.15, 0.2) is 5.65 Å². The van der Waals surface area contributed by atoms with Gasteiger partial charge >= 0.3 is 6.36 Å². The maximum atomic E-state index is 12.9. The maximum Gasteiger partial charge on any atom is 0.573 e. The quantitative estimate of drug-likeness (QED) is 0.589. The fraction of sp³-hybridized carbons (Fsp3) is 0.458. The third-order valence-corrected chi connectivity index (χ3v) is 6.55. The Morgan fingerprint density at radius 1 is 1.09 bits per heavy atom. The number of likely N-dealkylation sites (tertiary alicyclic amines) is 1. The Morgan fingerprint density at radius 2 is 1.85 bits per heavy atom. The Balaban J connectivity index is 1.25. The predicted molar refractivity (Wildman–Crippen MR) is 118 cm³/mol. The molecule has 2 aliphatic heterocycles. The molecule has 0 bridgehead atoms. The molecule has 0 radical (unpaired) electrons. The van der Waals surface area contributed by atoms with Crippen molar-refractivity contribution in [2.75, 3.05) is 26.3 Å². The number of rotatable bonds is 4. The molecule has 0 saturated carbocycles. The van der Waals surface area contributed by atoms with E-state index >= 15 is 0 Å². The molecule has 1 atom stereocenters. The van der Waals surface area contributed by atoms with Crippen molar-refractivity contribution in [2.45, 2.75) is 43.9 Å². The van der Waals surface area contributed by atoms with Crippen molar-refractivity contribution >= 4 is 17.1 Å². The molecule has 10 heteroatoms. The van der Waals surface area contributed by atoms with Crippen molar-refractivity contribution in [3.8, 4) is 5.75 Å². The van der Waals surface area contributed by atoms with Crippen LogP contribution in [0.3, 0.4) is 0 Å². The fourth-order valence-electron chi connectivity index (χ4n) is 4.81. The minimum Gasteiger partial charge on any atom is -0.406 e. The number of hydrogen-bond donors (Lipinski definition) is 1. The van der Waals surface area contributed by atoms with Gasteiger partial charge in [-0.15, -0.1) is 13.2 Å². The minimum absolute atomic E-state index is 0.196. The van der Waals surface area contributed by atoms with Crippen LogP contribution in [-0.2, 0) is 4.74 Å². The van der Waals surface area contributed by atoms with E-state index in [1.807, 2.05) is 6.07 Å². The molecule has 1 amide bonds. The van der Waals surface area contributed by atoms with Gasteiger partial charge in [0, 0.05) is 37.4 Å². The van der Waals surface area contributed by atoms with E-state index in [1.165, 1.54) is 12.1 Å². The minimum atomic E-state index is -4.76. The number of nitrogens with zero attached hydrogens (tertiary/aromatic N) is 3. The highest BCUT2D eigenvalue weighted by Crippen LogP contribution is 2.34. The number of pyridine rings is 1. The third-order valence-electron chi connectivity index (χ3n) is 6.55. The van der Waals surface area contributed by atoms with Crippen LogP contribution in [0.1, 0.15) is 59.3 Å². The molecule has 7 nitrogen and oxygen atoms in total. The lowest BCUT2D eigenvalue weighted by molar-refractivity contribution is -0.274. The predicted octanol–water partition coefficient (Wildman–Crippen LogP) is 4.77. The highest BCUT2D eigenvalue weighted by atomic mass is 19.4. The third kappa shape index (κ3) is 4.86. The lowest BCUT2D eigenvalue weighted by Crippen LogP contribution is -2.38. The Kier molecular flexibility index (Phi) is 6.16. The van der Waals surface area contributed by atoms with E-state index in [2.05, 4.69) is 14.7 Å². The first kappa shape index (κ1) is 22.6. The number of amides is 1. The number of aromatic nitrogens is 3. The van der Waals surface area contributed by atoms with Crippen LogP contribution >= 0.6 is 0 Å². The monoisotopic (exact) mass is 474 g/mol. The van der Waals surface area contributed by atoms with Crippen molar-refractivity contribution in [1.82, 2.24) is 19.9 Å². The standard InChI is InChI=1S/C24H25F3N4O3/c25-24(26,27)34-18-5-3-16(4-6-18)23(32)31-11-8-15(9-12-31)19-7-10-28-22-20(19)29-21(30-22)17-2-1-13-33-14-17/h3-7,10,15,17H,1-2,8-9,11-14H2,(H,28,29,30)/t17-/m0/s1. The van der Waals surface area contributed by atoms with E-state index in [0.29, 0.717) is 30.9 Å². The van der Waals surface area contributed by atoms with Gasteiger partial charge in [0.05, 0.1) is 12.1 Å². The van der Waals surface area contributed by atoms with Gasteiger partial charge in [-0.3, -0.25) is 4.79 Å². The van der Waals surface area contributed by atoms with Crippen LogP contribution in [0, 0.1) is 0 Å². The Hall–Kier alpha value is -3.14. The summed E-state index contributed by atoms with van der Waals surface area (Å²) in [6.07, 6.45) is 0.640. The van der Waals surface area contributed by atoms with Gasteiger partial charge in [0.1, 0.15) is 11.6 Å². The van der Waals surface area contributed by atoms with Gasteiger partial charge in [-0.05, 0) is 67.5 Å². The van der Waals surface area contributed by atoms with Crippen molar-refractivity contribution in [1.29, 1.82) is 0 Å². The van der Waals surface area contributed by atoms with E-state index < -0.39 is 6.36 Å². The van der Waals surface area contributed by atoms with Crippen LogP contribution in [0.2, 0.25) is 0 Å². The molecule has 2 fully saturated rings. The van der Waals surface area contributed by atoms with E-state index in [9.17, 15) is 18.0 Å². The van der Waals surface area contributed by atoms with Crippen molar-refractivity contribution < 1.29 is 27.4 Å². The summed E-state index contributed by atoms with van der Waals surface area (Å²) in [5.74, 6) is 0.887. The summed E-state index contributed by atoms with van der Waals surface area (Å²) in [6, 6.07) is 7.07. The summed E-state index contributed by atoms with van der Waals surface area (Å²) in [5.41, 5.74) is 3.15. The van der Waals surface area contributed by atoms with Crippen LogP contribution in [0.5, 0.6) is 5.75 Å². The number of hydrogen-bond acceptors (Lipinski definition) is 5. The lowest BCUT2D eigenvalue weighted by atomic mass is 9.89. The number of carbonyl (C=O) groups excluding carboxylic acids is 1. The molecular formula is C24H25F3N4O3. The second kappa shape index (κ2) is 9.25. The van der Waals surface area contributed by atoms with Gasteiger partial charge in [0.2, 0.25) is 0 Å². The number of piperidine rings is 1. The van der Waals surface area contributed by atoms with Crippen LogP contribution in [0.15, 0.2) is 36.5 Å². The van der Waals surface area contributed by atoms with Gasteiger partial charge in [0.25, 0.3) is 5.91 Å². The molecule has 2 aliphatic rings. The molecule has 1 N–H and O–H groups in total. The van der Waals surface area contributed by atoms with Crippen LogP contribution in [-0.4, -0.2) is 58.4 Å². The van der Waals surface area contributed by atoms with E-state index in [1.54, 1.807) is 11.1 Å². The Labute approximate surface area is 194 Å². The number of ether oxygens (including phenoxy) is 2. The topological polar surface area (TPSA) is 80.3 Å². The fourth-order valence-corrected chi connectivity index (χ4v) is 4.81. The maximum absolute atomic E-state index is 12.9. The van der Waals surface area contributed by atoms with Crippen LogP contribution < -0.4 is 4.74 Å². The summed E-state index contributed by atoms with van der Waals surface area (Å²) in [5, 5.41) is 0. The van der Waals surface area contributed by atoms with Crippen LogP contribution in [0.25, 0.3) is 11.2 Å². The number of nitrogens with one attached hydrogen (secondary N) is 1. The number of halogens is 3. The first-order chi connectivity index (χ1) is 16.4. The smallest absolute Gasteiger partial charge is 0.406 e. The summed E-state index contributed by atoms with van der Waals surface area (Å²) in [4.78, 5) is 27.2. The first-order valence-corrected chi connectivity index (χ1v) is 11.4. The second-order valence-electron chi connectivity index (χ2n) is 8.77. The van der Waals surface area contributed by atoms with E-state index in [0.717, 1.165) is 61.3 Å². The molecule has 1 aromatic carbocycles. The largest absolute Gasteiger partial charge is 0.573 e. The highest BCUT2D eigenvalue weighted by molar-refractivity contribution is 5.94. The SMILES string of the molecule is O=C(c1ccc(OC(F)(F)F)cc1)N1CCC(c2ccnc3nc([C@H]4CCCOC4)[nH]c23)CC1. The number of fused-ring (bicyclic) bond motifs is 1. The number of H-pyrrole nitrogens is 1. The molecule has 34 heavy (non-hydrogen) atoms. The summed E-state index contributed by atoms with van der Waals surface area (Å²) >= 11 is 0. The number of benzene rings is 1. The normalized spacial score (nSPS) is 20.0. The zero-order chi connectivity index (χ0) is 23.7. The van der Waals surface area contributed by atoms with Gasteiger partial charge in [-0.25, -0.2) is 9.97 Å².